The molecule has 1 aromatic carbocycles. The second kappa shape index (κ2) is 8.25. The number of aliphatic hydroxyl groups is 1. The minimum absolute atomic E-state index is 0.0614. The molecule has 4 rings (SSSR count). The van der Waals surface area contributed by atoms with Gasteiger partial charge < -0.3 is 9.67 Å². The van der Waals surface area contributed by atoms with Gasteiger partial charge in [0.2, 0.25) is 0 Å². The van der Waals surface area contributed by atoms with E-state index in [-0.39, 0.29) is 12.2 Å². The first-order valence-corrected chi connectivity index (χ1v) is 10.6. The number of halogens is 1. The summed E-state index contributed by atoms with van der Waals surface area (Å²) in [6, 6.07) is 13.5. The maximum Gasteiger partial charge on any atom is 0.161 e. The second-order valence-electron chi connectivity index (χ2n) is 8.17. The highest BCUT2D eigenvalue weighted by molar-refractivity contribution is 6.29. The average Bonchev–Trinajstić information content (AvgIpc) is 2.98. The Morgan fingerprint density at radius 1 is 1.21 bits per heavy atom. The Hall–Kier alpha value is -2.24. The number of fused-ring (bicyclic) bond motifs is 1. The highest BCUT2D eigenvalue weighted by Gasteiger charge is 2.27. The van der Waals surface area contributed by atoms with Crippen LogP contribution in [0.1, 0.15) is 62.9 Å². The van der Waals surface area contributed by atoms with Crippen molar-refractivity contribution in [2.75, 3.05) is 0 Å². The van der Waals surface area contributed by atoms with Gasteiger partial charge in [-0.05, 0) is 50.3 Å². The molecular formula is C23H26ClN3O2. The van der Waals surface area contributed by atoms with Crippen LogP contribution in [-0.2, 0) is 16.8 Å². The summed E-state index contributed by atoms with van der Waals surface area (Å²) in [4.78, 5) is 21.8. The van der Waals surface area contributed by atoms with Crippen LogP contribution in [0.25, 0.3) is 11.2 Å². The number of pyridine rings is 1. The van der Waals surface area contributed by atoms with Crippen LogP contribution in [0.15, 0.2) is 42.5 Å². The van der Waals surface area contributed by atoms with Crippen molar-refractivity contribution in [2.24, 2.45) is 0 Å². The molecule has 1 saturated carbocycles. The van der Waals surface area contributed by atoms with Crippen LogP contribution in [0.3, 0.4) is 0 Å². The van der Waals surface area contributed by atoms with E-state index in [9.17, 15) is 9.90 Å². The van der Waals surface area contributed by atoms with E-state index in [4.69, 9.17) is 16.6 Å². The van der Waals surface area contributed by atoms with E-state index in [1.54, 1.807) is 13.0 Å². The molecule has 0 amide bonds. The number of hydrogen-bond acceptors (Lipinski definition) is 4. The molecular weight excluding hydrogens is 386 g/mol. The summed E-state index contributed by atoms with van der Waals surface area (Å²) >= 11 is 6.10. The first-order valence-electron chi connectivity index (χ1n) is 10.3. The van der Waals surface area contributed by atoms with Crippen molar-refractivity contribution in [1.82, 2.24) is 14.5 Å². The Morgan fingerprint density at radius 2 is 1.97 bits per heavy atom. The van der Waals surface area contributed by atoms with Gasteiger partial charge in [0.25, 0.3) is 0 Å². The predicted octanol–water partition coefficient (Wildman–Crippen LogP) is 5.00. The minimum atomic E-state index is -1.14. The van der Waals surface area contributed by atoms with Crippen LogP contribution in [0.4, 0.5) is 0 Å². The maximum absolute atomic E-state index is 12.5. The van der Waals surface area contributed by atoms with Crippen molar-refractivity contribution < 1.29 is 9.90 Å². The number of carbonyl (C=O) groups is 1. The Balaban J connectivity index is 1.42. The van der Waals surface area contributed by atoms with E-state index in [0.717, 1.165) is 35.4 Å². The fourth-order valence-electron chi connectivity index (χ4n) is 4.02. The molecule has 1 fully saturated rings. The molecule has 0 aliphatic heterocycles. The number of hydrogen-bond donors (Lipinski definition) is 1. The lowest BCUT2D eigenvalue weighted by molar-refractivity contribution is -0.123. The maximum atomic E-state index is 12.5. The van der Waals surface area contributed by atoms with Crippen LogP contribution in [0, 0.1) is 0 Å². The second-order valence-corrected chi connectivity index (χ2v) is 8.56. The molecule has 0 saturated heterocycles. The standard InChI is InChI=1S/C23H26ClN3O2/c1-23(29,16-7-3-2-4-8-16)15-18(28)11-6-12-21-25-19-13-14-20(24)26-22(19)27(21)17-9-5-10-17/h2-4,7-8,13-14,17,29H,5-6,9-12,15H2,1H3. The van der Waals surface area contributed by atoms with Crippen LogP contribution >= 0.6 is 11.6 Å². The third-order valence-corrected chi connectivity index (χ3v) is 6.02. The van der Waals surface area contributed by atoms with E-state index in [1.165, 1.54) is 6.42 Å². The molecule has 0 bridgehead atoms. The summed E-state index contributed by atoms with van der Waals surface area (Å²) in [7, 11) is 0. The summed E-state index contributed by atoms with van der Waals surface area (Å²) in [5.74, 6) is 1.04. The van der Waals surface area contributed by atoms with E-state index in [0.29, 0.717) is 30.5 Å². The number of nitrogens with zero attached hydrogens (tertiary/aromatic N) is 3. The predicted molar refractivity (Wildman–Crippen MR) is 114 cm³/mol. The molecule has 3 aromatic rings. The number of Topliss-reactive ketones (excluding diaryl/α,β-unsaturated/α-hetero) is 1. The van der Waals surface area contributed by atoms with Gasteiger partial charge in [-0.1, -0.05) is 41.9 Å². The van der Waals surface area contributed by atoms with Crippen molar-refractivity contribution in [3.05, 3.63) is 59.0 Å². The third-order valence-electron chi connectivity index (χ3n) is 5.81. The summed E-state index contributed by atoms with van der Waals surface area (Å²) < 4.78 is 2.22. The molecule has 6 heteroatoms. The number of imidazole rings is 1. The largest absolute Gasteiger partial charge is 0.385 e. The zero-order valence-corrected chi connectivity index (χ0v) is 17.4. The Labute approximate surface area is 175 Å². The van der Waals surface area contributed by atoms with E-state index >= 15 is 0 Å². The molecule has 0 spiro atoms. The van der Waals surface area contributed by atoms with Gasteiger partial charge in [-0.2, -0.15) is 0 Å². The van der Waals surface area contributed by atoms with Gasteiger partial charge in [0.05, 0.1) is 5.60 Å². The topological polar surface area (TPSA) is 68.0 Å². The number of rotatable bonds is 8. The average molecular weight is 412 g/mol. The third kappa shape index (κ3) is 4.36. The van der Waals surface area contributed by atoms with Gasteiger partial charge in [-0.3, -0.25) is 4.79 Å². The highest BCUT2D eigenvalue weighted by Crippen LogP contribution is 2.35. The molecule has 152 valence electrons. The van der Waals surface area contributed by atoms with E-state index in [1.807, 2.05) is 36.4 Å². The minimum Gasteiger partial charge on any atom is -0.385 e. The van der Waals surface area contributed by atoms with Gasteiger partial charge >= 0.3 is 0 Å². The summed E-state index contributed by atoms with van der Waals surface area (Å²) in [5, 5.41) is 11.2. The quantitative estimate of drug-likeness (QED) is 0.529. The lowest BCUT2D eigenvalue weighted by Gasteiger charge is -2.28. The first kappa shape index (κ1) is 20.0. The number of ketones is 1. The van der Waals surface area contributed by atoms with Gasteiger partial charge in [-0.25, -0.2) is 9.97 Å². The molecule has 2 aromatic heterocycles. The van der Waals surface area contributed by atoms with Gasteiger partial charge in [0, 0.05) is 25.3 Å². The lowest BCUT2D eigenvalue weighted by Crippen LogP contribution is -2.25. The van der Waals surface area contributed by atoms with Crippen molar-refractivity contribution in [3.8, 4) is 0 Å². The molecule has 2 heterocycles. The Bertz CT molecular complexity index is 1010. The zero-order chi connectivity index (χ0) is 20.4. The molecule has 1 unspecified atom stereocenters. The highest BCUT2D eigenvalue weighted by atomic mass is 35.5. The van der Waals surface area contributed by atoms with Gasteiger partial charge in [0.15, 0.2) is 5.65 Å². The van der Waals surface area contributed by atoms with Crippen molar-refractivity contribution in [3.63, 3.8) is 0 Å². The lowest BCUT2D eigenvalue weighted by atomic mass is 9.89. The molecule has 0 radical (unpaired) electrons. The fraction of sp³-hybridized carbons (Fsp3) is 0.435. The monoisotopic (exact) mass is 411 g/mol. The molecule has 29 heavy (non-hydrogen) atoms. The van der Waals surface area contributed by atoms with E-state index < -0.39 is 5.60 Å². The first-order chi connectivity index (χ1) is 13.9. The van der Waals surface area contributed by atoms with Crippen molar-refractivity contribution in [2.45, 2.75) is 63.5 Å². The van der Waals surface area contributed by atoms with Gasteiger partial charge in [-0.15, -0.1) is 0 Å². The van der Waals surface area contributed by atoms with Crippen molar-refractivity contribution >= 4 is 28.5 Å². The molecule has 1 aliphatic carbocycles. The number of aryl methyl sites for hydroxylation is 1. The van der Waals surface area contributed by atoms with Crippen LogP contribution < -0.4 is 0 Å². The molecule has 1 atom stereocenters. The summed E-state index contributed by atoms with van der Waals surface area (Å²) in [6.07, 6.45) is 5.43. The zero-order valence-electron chi connectivity index (χ0n) is 16.6. The van der Waals surface area contributed by atoms with E-state index in [2.05, 4.69) is 9.55 Å². The van der Waals surface area contributed by atoms with Crippen LogP contribution in [-0.4, -0.2) is 25.4 Å². The summed E-state index contributed by atoms with van der Waals surface area (Å²) in [5.41, 5.74) is 1.33. The molecule has 1 N–H and O–H groups in total. The number of aromatic nitrogens is 3. The summed E-state index contributed by atoms with van der Waals surface area (Å²) in [6.45, 7) is 1.70. The van der Waals surface area contributed by atoms with Crippen molar-refractivity contribution in [1.29, 1.82) is 0 Å². The Morgan fingerprint density at radius 3 is 2.66 bits per heavy atom. The van der Waals surface area contributed by atoms with Gasteiger partial charge in [0.1, 0.15) is 22.3 Å². The fourth-order valence-corrected chi connectivity index (χ4v) is 4.16. The normalized spacial score (nSPS) is 16.5. The Kier molecular flexibility index (Phi) is 5.70. The smallest absolute Gasteiger partial charge is 0.161 e. The number of carbonyl (C=O) groups excluding carboxylic acids is 1. The number of benzene rings is 1. The SMILES string of the molecule is CC(O)(CC(=O)CCCc1nc2ccc(Cl)nc2n1C1CCC1)c1ccccc1. The van der Waals surface area contributed by atoms with Crippen LogP contribution in [0.5, 0.6) is 0 Å². The van der Waals surface area contributed by atoms with Crippen LogP contribution in [0.2, 0.25) is 5.15 Å². The molecule has 1 aliphatic rings. The molecule has 5 nitrogen and oxygen atoms in total.